The Labute approximate surface area is 154 Å². The van der Waals surface area contributed by atoms with Crippen molar-refractivity contribution in [1.29, 1.82) is 0 Å². The lowest BCUT2D eigenvalue weighted by Gasteiger charge is -2.14. The average Bonchev–Trinajstić information content (AvgIpc) is 2.60. The summed E-state index contributed by atoms with van der Waals surface area (Å²) in [4.78, 5) is 11.4. The zero-order chi connectivity index (χ0) is 19.3. The molecule has 1 unspecified atom stereocenters. The highest BCUT2D eigenvalue weighted by atomic mass is 32.2. The van der Waals surface area contributed by atoms with E-state index in [-0.39, 0.29) is 16.5 Å². The molecule has 2 N–H and O–H groups in total. The molecule has 140 valence electrons. The monoisotopic (exact) mass is 376 g/mol. The number of hydrogen-bond donors (Lipinski definition) is 2. The lowest BCUT2D eigenvalue weighted by atomic mass is 9.99. The van der Waals surface area contributed by atoms with E-state index in [2.05, 4.69) is 23.9 Å². The van der Waals surface area contributed by atoms with Crippen molar-refractivity contribution in [3.05, 3.63) is 48.0 Å². The molecule has 0 aromatic heterocycles. The molecule has 1 amide bonds. The van der Waals surface area contributed by atoms with Gasteiger partial charge in [0.2, 0.25) is 5.91 Å². The van der Waals surface area contributed by atoms with Crippen LogP contribution in [-0.4, -0.2) is 21.4 Å². The molecular formula is C19H24N2O4S. The van der Waals surface area contributed by atoms with Crippen molar-refractivity contribution in [3.8, 4) is 5.75 Å². The van der Waals surface area contributed by atoms with E-state index in [1.165, 1.54) is 20.1 Å². The Morgan fingerprint density at radius 3 is 2.35 bits per heavy atom. The maximum atomic E-state index is 12.7. The fourth-order valence-electron chi connectivity index (χ4n) is 2.48. The molecule has 0 spiro atoms. The minimum atomic E-state index is -3.78. The zero-order valence-electron chi connectivity index (χ0n) is 15.4. The van der Waals surface area contributed by atoms with Gasteiger partial charge < -0.3 is 10.1 Å². The van der Waals surface area contributed by atoms with Gasteiger partial charge in [-0.1, -0.05) is 26.0 Å². The second kappa shape index (κ2) is 8.23. The van der Waals surface area contributed by atoms with Crippen molar-refractivity contribution in [1.82, 2.24) is 0 Å². The Hall–Kier alpha value is -2.54. The molecule has 6 nitrogen and oxygen atoms in total. The van der Waals surface area contributed by atoms with Crippen LogP contribution < -0.4 is 14.8 Å². The second-order valence-electron chi connectivity index (χ2n) is 6.08. The Morgan fingerprint density at radius 1 is 1.15 bits per heavy atom. The van der Waals surface area contributed by atoms with Crippen molar-refractivity contribution in [3.63, 3.8) is 0 Å². The zero-order valence-corrected chi connectivity index (χ0v) is 16.2. The molecular weight excluding hydrogens is 352 g/mol. The van der Waals surface area contributed by atoms with Crippen LogP contribution in [0.1, 0.15) is 38.7 Å². The van der Waals surface area contributed by atoms with Crippen molar-refractivity contribution >= 4 is 27.3 Å². The van der Waals surface area contributed by atoms with E-state index in [0.29, 0.717) is 17.4 Å². The number of carbonyl (C=O) groups is 1. The third kappa shape index (κ3) is 4.76. The van der Waals surface area contributed by atoms with Gasteiger partial charge in [0.05, 0.1) is 17.7 Å². The Balaban J connectivity index is 2.32. The maximum Gasteiger partial charge on any atom is 0.262 e. The van der Waals surface area contributed by atoms with Crippen molar-refractivity contribution in [2.45, 2.75) is 38.0 Å². The van der Waals surface area contributed by atoms with Crippen LogP contribution in [0.15, 0.2) is 47.4 Å². The normalized spacial score (nSPS) is 12.3. The molecule has 0 radical (unpaired) electrons. The summed E-state index contributed by atoms with van der Waals surface area (Å²) >= 11 is 0. The maximum absolute atomic E-state index is 12.7. The molecule has 0 aliphatic carbocycles. The number of ether oxygens (including phenoxy) is 1. The van der Waals surface area contributed by atoms with Crippen LogP contribution in [0.3, 0.4) is 0 Å². The number of sulfonamides is 1. The Bertz CT molecular complexity index is 877. The van der Waals surface area contributed by atoms with E-state index in [0.717, 1.165) is 12.0 Å². The molecule has 0 heterocycles. The minimum Gasteiger partial charge on any atom is -0.495 e. The van der Waals surface area contributed by atoms with E-state index >= 15 is 0 Å². The van der Waals surface area contributed by atoms with E-state index in [9.17, 15) is 13.2 Å². The van der Waals surface area contributed by atoms with Crippen LogP contribution in [0.2, 0.25) is 0 Å². The third-order valence-corrected chi connectivity index (χ3v) is 5.52. The highest BCUT2D eigenvalue weighted by Crippen LogP contribution is 2.30. The molecule has 26 heavy (non-hydrogen) atoms. The highest BCUT2D eigenvalue weighted by molar-refractivity contribution is 7.92. The first kappa shape index (κ1) is 19.8. The van der Waals surface area contributed by atoms with Crippen molar-refractivity contribution in [2.24, 2.45) is 0 Å². The molecule has 0 aliphatic heterocycles. The molecule has 7 heteroatoms. The standard InChI is InChI=1S/C19H24N2O4S/c1-5-13(2)15-6-9-17(10-7-15)26(23,24)21-18-12-16(20-14(3)22)8-11-19(18)25-4/h6-13,21H,5H2,1-4H3,(H,20,22). The lowest BCUT2D eigenvalue weighted by Crippen LogP contribution is -2.14. The van der Waals surface area contributed by atoms with E-state index < -0.39 is 10.0 Å². The quantitative estimate of drug-likeness (QED) is 0.766. The molecule has 2 rings (SSSR count). The molecule has 0 fully saturated rings. The average molecular weight is 376 g/mol. The molecule has 0 saturated heterocycles. The number of nitrogens with one attached hydrogen (secondary N) is 2. The SMILES string of the molecule is CCC(C)c1ccc(S(=O)(=O)Nc2cc(NC(C)=O)ccc2OC)cc1. The largest absolute Gasteiger partial charge is 0.495 e. The van der Waals surface area contributed by atoms with Crippen LogP contribution in [-0.2, 0) is 14.8 Å². The first-order valence-electron chi connectivity index (χ1n) is 8.35. The Morgan fingerprint density at radius 2 is 1.81 bits per heavy atom. The van der Waals surface area contributed by atoms with Gasteiger partial charge in [-0.2, -0.15) is 0 Å². The van der Waals surface area contributed by atoms with E-state index in [1.54, 1.807) is 24.3 Å². The fraction of sp³-hybridized carbons (Fsp3) is 0.316. The van der Waals surface area contributed by atoms with E-state index in [4.69, 9.17) is 4.74 Å². The van der Waals surface area contributed by atoms with Crippen molar-refractivity contribution < 1.29 is 17.9 Å². The topological polar surface area (TPSA) is 84.5 Å². The number of carbonyl (C=O) groups excluding carboxylic acids is 1. The number of benzene rings is 2. The predicted octanol–water partition coefficient (Wildman–Crippen LogP) is 3.97. The van der Waals surface area contributed by atoms with Crippen LogP contribution in [0, 0.1) is 0 Å². The summed E-state index contributed by atoms with van der Waals surface area (Å²) in [5.41, 5.74) is 1.82. The predicted molar refractivity (Wildman–Crippen MR) is 103 cm³/mol. The summed E-state index contributed by atoms with van der Waals surface area (Å²) in [6.07, 6.45) is 0.984. The van der Waals surface area contributed by atoms with Gasteiger partial charge in [-0.25, -0.2) is 8.42 Å². The summed E-state index contributed by atoms with van der Waals surface area (Å²) in [6.45, 7) is 5.57. The van der Waals surface area contributed by atoms with Crippen LogP contribution in [0.4, 0.5) is 11.4 Å². The summed E-state index contributed by atoms with van der Waals surface area (Å²) in [5, 5.41) is 2.62. The van der Waals surface area contributed by atoms with Gasteiger partial charge in [-0.05, 0) is 48.2 Å². The van der Waals surface area contributed by atoms with Crippen LogP contribution >= 0.6 is 0 Å². The molecule has 2 aromatic carbocycles. The summed E-state index contributed by atoms with van der Waals surface area (Å²) in [7, 11) is -2.33. The van der Waals surface area contributed by atoms with Crippen molar-refractivity contribution in [2.75, 3.05) is 17.1 Å². The fourth-order valence-corrected chi connectivity index (χ4v) is 3.54. The van der Waals surface area contributed by atoms with Gasteiger partial charge in [0.1, 0.15) is 5.75 Å². The first-order chi connectivity index (χ1) is 12.3. The molecule has 1 atom stereocenters. The highest BCUT2D eigenvalue weighted by Gasteiger charge is 2.17. The van der Waals surface area contributed by atoms with Gasteiger partial charge in [0.25, 0.3) is 10.0 Å². The molecule has 0 saturated carbocycles. The van der Waals surface area contributed by atoms with Gasteiger partial charge in [-0.3, -0.25) is 9.52 Å². The minimum absolute atomic E-state index is 0.163. The van der Waals surface area contributed by atoms with E-state index in [1.807, 2.05) is 12.1 Å². The lowest BCUT2D eigenvalue weighted by molar-refractivity contribution is -0.114. The Kier molecular flexibility index (Phi) is 6.26. The van der Waals surface area contributed by atoms with Gasteiger partial charge >= 0.3 is 0 Å². The second-order valence-corrected chi connectivity index (χ2v) is 7.76. The van der Waals surface area contributed by atoms with Gasteiger partial charge in [0, 0.05) is 12.6 Å². The molecule has 0 bridgehead atoms. The smallest absolute Gasteiger partial charge is 0.262 e. The first-order valence-corrected chi connectivity index (χ1v) is 9.83. The number of anilines is 2. The van der Waals surface area contributed by atoms with Crippen LogP contribution in [0.25, 0.3) is 0 Å². The summed E-state index contributed by atoms with van der Waals surface area (Å²) < 4.78 is 33.1. The number of amides is 1. The molecule has 2 aromatic rings. The third-order valence-electron chi connectivity index (χ3n) is 4.14. The van der Waals surface area contributed by atoms with Gasteiger partial charge in [0.15, 0.2) is 0 Å². The number of methoxy groups -OCH3 is 1. The van der Waals surface area contributed by atoms with Crippen LogP contribution in [0.5, 0.6) is 5.75 Å². The number of rotatable bonds is 7. The molecule has 0 aliphatic rings. The van der Waals surface area contributed by atoms with Gasteiger partial charge in [-0.15, -0.1) is 0 Å². The summed E-state index contributed by atoms with van der Waals surface area (Å²) in [5.74, 6) is 0.484. The summed E-state index contributed by atoms with van der Waals surface area (Å²) in [6, 6.07) is 11.6. The number of hydrogen-bond acceptors (Lipinski definition) is 4.